The average Bonchev–Trinajstić information content (AvgIpc) is 2.67. The van der Waals surface area contributed by atoms with E-state index in [0.717, 1.165) is 13.0 Å². The highest BCUT2D eigenvalue weighted by molar-refractivity contribution is 5.72. The Morgan fingerprint density at radius 3 is 2.80 bits per heavy atom. The molecular weight excluding hydrogens is 194 g/mol. The normalized spacial score (nSPS) is 23.1. The number of esters is 1. The van der Waals surface area contributed by atoms with E-state index in [0.29, 0.717) is 25.7 Å². The highest BCUT2D eigenvalue weighted by Gasteiger charge is 2.24. The molecule has 0 saturated carbocycles. The minimum absolute atomic E-state index is 0.167. The van der Waals surface area contributed by atoms with E-state index in [2.05, 4.69) is 0 Å². The predicted molar refractivity (Wildman–Crippen MR) is 57.3 cm³/mol. The van der Waals surface area contributed by atoms with Gasteiger partial charge in [-0.3, -0.25) is 4.79 Å². The first-order chi connectivity index (χ1) is 7.15. The van der Waals surface area contributed by atoms with Crippen molar-refractivity contribution >= 4 is 5.97 Å². The topological polar surface area (TPSA) is 61.6 Å². The third kappa shape index (κ3) is 3.80. The van der Waals surface area contributed by atoms with Crippen molar-refractivity contribution in [2.75, 3.05) is 26.4 Å². The van der Waals surface area contributed by atoms with Crippen molar-refractivity contribution in [2.24, 2.45) is 23.5 Å². The second kappa shape index (κ2) is 6.08. The Morgan fingerprint density at radius 1 is 1.60 bits per heavy atom. The largest absolute Gasteiger partial charge is 0.465 e. The van der Waals surface area contributed by atoms with Crippen molar-refractivity contribution in [1.82, 2.24) is 0 Å². The Kier molecular flexibility index (Phi) is 5.05. The van der Waals surface area contributed by atoms with E-state index in [1.54, 1.807) is 0 Å². The number of ether oxygens (including phenoxy) is 2. The molecule has 0 radical (unpaired) electrons. The number of carbonyl (C=O) groups is 1. The highest BCUT2D eigenvalue weighted by Crippen LogP contribution is 2.15. The average molecular weight is 215 g/mol. The van der Waals surface area contributed by atoms with Crippen LogP contribution < -0.4 is 5.73 Å². The monoisotopic (exact) mass is 215 g/mol. The summed E-state index contributed by atoms with van der Waals surface area (Å²) in [6, 6.07) is 0. The van der Waals surface area contributed by atoms with E-state index in [1.165, 1.54) is 0 Å². The molecule has 0 aromatic carbocycles. The molecule has 2 unspecified atom stereocenters. The molecule has 2 atom stereocenters. The summed E-state index contributed by atoms with van der Waals surface area (Å²) in [7, 11) is 0. The smallest absolute Gasteiger partial charge is 0.310 e. The van der Waals surface area contributed by atoms with Crippen molar-refractivity contribution in [3.63, 3.8) is 0 Å². The maximum atomic E-state index is 11.6. The summed E-state index contributed by atoms with van der Waals surface area (Å²) in [5.74, 6) is 0.272. The van der Waals surface area contributed by atoms with Gasteiger partial charge in [-0.05, 0) is 12.3 Å². The molecule has 1 heterocycles. The fourth-order valence-corrected chi connectivity index (χ4v) is 1.66. The highest BCUT2D eigenvalue weighted by atomic mass is 16.5. The van der Waals surface area contributed by atoms with E-state index in [9.17, 15) is 4.79 Å². The summed E-state index contributed by atoms with van der Waals surface area (Å²) in [6.07, 6.45) is 0.988. The van der Waals surface area contributed by atoms with Gasteiger partial charge in [-0.15, -0.1) is 0 Å². The van der Waals surface area contributed by atoms with Gasteiger partial charge in [-0.2, -0.15) is 0 Å². The van der Waals surface area contributed by atoms with Crippen LogP contribution in [0.1, 0.15) is 20.3 Å². The zero-order valence-electron chi connectivity index (χ0n) is 9.57. The van der Waals surface area contributed by atoms with Crippen molar-refractivity contribution in [3.05, 3.63) is 0 Å². The van der Waals surface area contributed by atoms with Crippen LogP contribution >= 0.6 is 0 Å². The lowest BCUT2D eigenvalue weighted by Gasteiger charge is -2.18. The lowest BCUT2D eigenvalue weighted by atomic mass is 9.96. The molecule has 1 saturated heterocycles. The maximum absolute atomic E-state index is 11.6. The van der Waals surface area contributed by atoms with E-state index < -0.39 is 0 Å². The Labute approximate surface area is 91.1 Å². The van der Waals surface area contributed by atoms with Crippen molar-refractivity contribution in [3.8, 4) is 0 Å². The van der Waals surface area contributed by atoms with Crippen LogP contribution in [0.15, 0.2) is 0 Å². The van der Waals surface area contributed by atoms with Crippen LogP contribution in [-0.4, -0.2) is 32.3 Å². The fraction of sp³-hybridized carbons (Fsp3) is 0.909. The van der Waals surface area contributed by atoms with Gasteiger partial charge < -0.3 is 15.2 Å². The minimum Gasteiger partial charge on any atom is -0.465 e. The Bertz CT molecular complexity index is 200. The van der Waals surface area contributed by atoms with Crippen LogP contribution in [0.4, 0.5) is 0 Å². The van der Waals surface area contributed by atoms with Crippen LogP contribution in [0.3, 0.4) is 0 Å². The van der Waals surface area contributed by atoms with Gasteiger partial charge in [0.1, 0.15) is 0 Å². The Morgan fingerprint density at radius 2 is 2.33 bits per heavy atom. The molecule has 1 aliphatic rings. The first-order valence-electron chi connectivity index (χ1n) is 5.59. The van der Waals surface area contributed by atoms with Gasteiger partial charge in [0.05, 0.1) is 19.1 Å². The van der Waals surface area contributed by atoms with Gasteiger partial charge in [0.15, 0.2) is 0 Å². The molecule has 0 amide bonds. The summed E-state index contributed by atoms with van der Waals surface area (Å²) in [5, 5.41) is 0. The van der Waals surface area contributed by atoms with Crippen molar-refractivity contribution in [1.29, 1.82) is 0 Å². The van der Waals surface area contributed by atoms with Crippen LogP contribution in [-0.2, 0) is 14.3 Å². The van der Waals surface area contributed by atoms with E-state index in [1.807, 2.05) is 13.8 Å². The maximum Gasteiger partial charge on any atom is 0.310 e. The Hall–Kier alpha value is -0.610. The molecule has 4 nitrogen and oxygen atoms in total. The molecule has 0 aromatic rings. The quantitative estimate of drug-likeness (QED) is 0.689. The van der Waals surface area contributed by atoms with Gasteiger partial charge in [-0.1, -0.05) is 13.8 Å². The molecule has 2 N–H and O–H groups in total. The van der Waals surface area contributed by atoms with Gasteiger partial charge >= 0.3 is 5.97 Å². The molecule has 4 heteroatoms. The zero-order valence-corrected chi connectivity index (χ0v) is 9.57. The van der Waals surface area contributed by atoms with Gasteiger partial charge in [0, 0.05) is 19.1 Å². The van der Waals surface area contributed by atoms with Gasteiger partial charge in [-0.25, -0.2) is 0 Å². The summed E-state index contributed by atoms with van der Waals surface area (Å²) in [5.41, 5.74) is 5.53. The summed E-state index contributed by atoms with van der Waals surface area (Å²) < 4.78 is 10.4. The molecular formula is C11H21NO3. The van der Waals surface area contributed by atoms with Crippen LogP contribution in [0.25, 0.3) is 0 Å². The fourth-order valence-electron chi connectivity index (χ4n) is 1.66. The van der Waals surface area contributed by atoms with Gasteiger partial charge in [0.25, 0.3) is 0 Å². The number of carbonyl (C=O) groups excluding carboxylic acids is 1. The van der Waals surface area contributed by atoms with Crippen LogP contribution in [0.2, 0.25) is 0 Å². The first-order valence-corrected chi connectivity index (χ1v) is 5.59. The molecule has 0 bridgehead atoms. The second-order valence-electron chi connectivity index (χ2n) is 4.45. The molecule has 88 valence electrons. The van der Waals surface area contributed by atoms with E-state index >= 15 is 0 Å². The Balaban J connectivity index is 2.27. The zero-order chi connectivity index (χ0) is 11.3. The molecule has 1 fully saturated rings. The lowest BCUT2D eigenvalue weighted by Crippen LogP contribution is -2.31. The lowest BCUT2D eigenvalue weighted by molar-refractivity contribution is -0.151. The van der Waals surface area contributed by atoms with E-state index in [4.69, 9.17) is 15.2 Å². The second-order valence-corrected chi connectivity index (χ2v) is 4.45. The standard InChI is InChI=1S/C11H21NO3/c1-8(2)10(5-12)11(13)15-7-9-3-4-14-6-9/h8-10H,3-7,12H2,1-2H3. The SMILES string of the molecule is CC(C)C(CN)C(=O)OCC1CCOC1. The molecule has 0 aromatic heterocycles. The number of hydrogen-bond donors (Lipinski definition) is 1. The number of rotatable bonds is 5. The number of nitrogens with two attached hydrogens (primary N) is 1. The van der Waals surface area contributed by atoms with E-state index in [-0.39, 0.29) is 17.8 Å². The van der Waals surface area contributed by atoms with Crippen LogP contribution in [0.5, 0.6) is 0 Å². The predicted octanol–water partition coefficient (Wildman–Crippen LogP) is 0.797. The van der Waals surface area contributed by atoms with Crippen LogP contribution in [0, 0.1) is 17.8 Å². The third-order valence-electron chi connectivity index (χ3n) is 2.85. The summed E-state index contributed by atoms with van der Waals surface area (Å²) in [6.45, 7) is 6.30. The number of hydrogen-bond acceptors (Lipinski definition) is 4. The van der Waals surface area contributed by atoms with Crippen molar-refractivity contribution < 1.29 is 14.3 Å². The van der Waals surface area contributed by atoms with Crippen molar-refractivity contribution in [2.45, 2.75) is 20.3 Å². The molecule has 15 heavy (non-hydrogen) atoms. The first kappa shape index (κ1) is 12.5. The summed E-state index contributed by atoms with van der Waals surface area (Å²) in [4.78, 5) is 11.6. The molecule has 0 aliphatic carbocycles. The molecule has 1 rings (SSSR count). The third-order valence-corrected chi connectivity index (χ3v) is 2.85. The van der Waals surface area contributed by atoms with Gasteiger partial charge in [0.2, 0.25) is 0 Å². The molecule has 0 spiro atoms. The minimum atomic E-state index is -0.174. The molecule has 1 aliphatic heterocycles. The summed E-state index contributed by atoms with van der Waals surface area (Å²) >= 11 is 0.